The number of nitrogens with one attached hydrogen (secondary N) is 3. The molecule has 1 amide bonds. The fourth-order valence-corrected chi connectivity index (χ4v) is 3.18. The first-order chi connectivity index (χ1) is 15.0. The number of aromatic amines is 1. The molecule has 0 atom stereocenters. The molecule has 0 bridgehead atoms. The molecule has 0 unspecified atom stereocenters. The van der Waals surface area contributed by atoms with Gasteiger partial charge in [-0.15, -0.1) is 5.10 Å². The van der Waals surface area contributed by atoms with E-state index in [4.69, 9.17) is 0 Å². The Bertz CT molecular complexity index is 1240. The van der Waals surface area contributed by atoms with Crippen molar-refractivity contribution >= 4 is 28.3 Å². The molecule has 1 aromatic carbocycles. The number of aromatic nitrogens is 4. The van der Waals surface area contributed by atoms with Crippen molar-refractivity contribution in [3.05, 3.63) is 59.9 Å². The zero-order valence-corrected chi connectivity index (χ0v) is 16.4. The summed E-state index contributed by atoms with van der Waals surface area (Å²) in [6.07, 6.45) is 1.52. The largest absolute Gasteiger partial charge is 0.494 e. The van der Waals surface area contributed by atoms with Crippen LogP contribution in [-0.2, 0) is 11.2 Å². The molecule has 0 spiro atoms. The minimum absolute atomic E-state index is 0.0467. The number of pyridine rings is 1. The predicted octanol–water partition coefficient (Wildman–Crippen LogP) is 3.43. The Kier molecular flexibility index (Phi) is 5.44. The van der Waals surface area contributed by atoms with E-state index < -0.39 is 11.6 Å². The van der Waals surface area contributed by atoms with Gasteiger partial charge in [-0.25, -0.2) is 13.8 Å². The molecule has 4 N–H and O–H groups in total. The highest BCUT2D eigenvalue weighted by Crippen LogP contribution is 2.36. The van der Waals surface area contributed by atoms with Gasteiger partial charge in [0.15, 0.2) is 11.7 Å². The average Bonchev–Trinajstić information content (AvgIpc) is 3.11. The second-order valence-corrected chi connectivity index (χ2v) is 6.71. The summed E-state index contributed by atoms with van der Waals surface area (Å²) in [4.78, 5) is 18.6. The molecule has 158 valence electrons. The first kappa shape index (κ1) is 20.2. The van der Waals surface area contributed by atoms with E-state index in [1.54, 1.807) is 12.1 Å². The number of H-pyrrole nitrogens is 1. The van der Waals surface area contributed by atoms with Gasteiger partial charge in [-0.2, -0.15) is 5.10 Å². The van der Waals surface area contributed by atoms with Gasteiger partial charge in [0, 0.05) is 12.7 Å². The molecular formula is C21H18F2N6O2. The monoisotopic (exact) mass is 424 g/mol. The first-order valence-corrected chi connectivity index (χ1v) is 9.48. The maximum Gasteiger partial charge on any atom is 0.226 e. The lowest BCUT2D eigenvalue weighted by Crippen LogP contribution is -2.24. The molecule has 0 radical (unpaired) electrons. The molecule has 31 heavy (non-hydrogen) atoms. The highest BCUT2D eigenvalue weighted by Gasteiger charge is 2.18. The molecule has 4 rings (SSSR count). The van der Waals surface area contributed by atoms with Crippen LogP contribution in [0.2, 0.25) is 0 Å². The number of nitrogens with zero attached hydrogens (tertiary/aromatic N) is 3. The lowest BCUT2D eigenvalue weighted by atomic mass is 10.1. The van der Waals surface area contributed by atoms with Gasteiger partial charge in [0.05, 0.1) is 40.0 Å². The number of carbonyl (C=O) groups excluding carboxylic acids is 1. The lowest BCUT2D eigenvalue weighted by molar-refractivity contribution is -0.120. The molecule has 4 aromatic rings. The van der Waals surface area contributed by atoms with Crippen LogP contribution in [0.15, 0.2) is 42.6 Å². The molecule has 0 aliphatic carbocycles. The van der Waals surface area contributed by atoms with Crippen LogP contribution in [-0.4, -0.2) is 37.7 Å². The molecular weight excluding hydrogens is 406 g/mol. The predicted molar refractivity (Wildman–Crippen MR) is 111 cm³/mol. The third-order valence-electron chi connectivity index (χ3n) is 4.55. The van der Waals surface area contributed by atoms with Crippen molar-refractivity contribution in [1.29, 1.82) is 0 Å². The number of benzene rings is 1. The Balaban J connectivity index is 1.70. The Hall–Kier alpha value is -4.08. The molecule has 0 fully saturated rings. The van der Waals surface area contributed by atoms with E-state index >= 15 is 0 Å². The van der Waals surface area contributed by atoms with Crippen LogP contribution in [0.3, 0.4) is 0 Å². The number of carbonyl (C=O) groups is 1. The number of aromatic hydroxyl groups is 1. The van der Waals surface area contributed by atoms with Crippen molar-refractivity contribution < 1.29 is 18.7 Å². The quantitative estimate of drug-likeness (QED) is 0.377. The van der Waals surface area contributed by atoms with Gasteiger partial charge in [0.1, 0.15) is 11.6 Å². The molecule has 10 heteroatoms. The summed E-state index contributed by atoms with van der Waals surface area (Å²) in [6.45, 7) is 2.35. The SMILES string of the molecule is CCNC(=O)Cc1ccc(Nc2cc(-c3c(F)cccc3F)nc3c[nH]c(O)c23)nn1. The Morgan fingerprint density at radius 3 is 2.61 bits per heavy atom. The van der Waals surface area contributed by atoms with Crippen LogP contribution < -0.4 is 10.6 Å². The van der Waals surface area contributed by atoms with Crippen molar-refractivity contribution in [2.24, 2.45) is 0 Å². The molecule has 0 aliphatic heterocycles. The fraction of sp³-hybridized carbons (Fsp3) is 0.143. The number of fused-ring (bicyclic) bond motifs is 1. The van der Waals surface area contributed by atoms with Gasteiger partial charge in [0.2, 0.25) is 5.91 Å². The summed E-state index contributed by atoms with van der Waals surface area (Å²) < 4.78 is 28.6. The summed E-state index contributed by atoms with van der Waals surface area (Å²) in [6, 6.07) is 8.22. The van der Waals surface area contributed by atoms with Crippen LogP contribution >= 0.6 is 0 Å². The third kappa shape index (κ3) is 4.13. The molecule has 8 nitrogen and oxygen atoms in total. The number of amides is 1. The number of hydrogen-bond donors (Lipinski definition) is 4. The molecule has 0 saturated heterocycles. The van der Waals surface area contributed by atoms with E-state index in [0.29, 0.717) is 34.6 Å². The van der Waals surface area contributed by atoms with Crippen molar-refractivity contribution in [1.82, 2.24) is 25.5 Å². The topological polar surface area (TPSA) is 116 Å². The second-order valence-electron chi connectivity index (χ2n) is 6.71. The van der Waals surface area contributed by atoms with Crippen LogP contribution in [0.5, 0.6) is 5.88 Å². The van der Waals surface area contributed by atoms with E-state index in [9.17, 15) is 18.7 Å². The van der Waals surface area contributed by atoms with Crippen molar-refractivity contribution in [3.63, 3.8) is 0 Å². The highest BCUT2D eigenvalue weighted by atomic mass is 19.1. The van der Waals surface area contributed by atoms with Gasteiger partial charge in [0.25, 0.3) is 0 Å². The van der Waals surface area contributed by atoms with E-state index in [1.807, 2.05) is 6.92 Å². The van der Waals surface area contributed by atoms with E-state index in [2.05, 4.69) is 30.8 Å². The molecule has 3 heterocycles. The zero-order chi connectivity index (χ0) is 22.0. The Morgan fingerprint density at radius 1 is 1.16 bits per heavy atom. The van der Waals surface area contributed by atoms with Crippen molar-refractivity contribution in [3.8, 4) is 17.1 Å². The van der Waals surface area contributed by atoms with Crippen LogP contribution in [0, 0.1) is 11.6 Å². The highest BCUT2D eigenvalue weighted by molar-refractivity contribution is 5.99. The van der Waals surface area contributed by atoms with Gasteiger partial charge >= 0.3 is 0 Å². The first-order valence-electron chi connectivity index (χ1n) is 9.48. The Morgan fingerprint density at radius 2 is 1.94 bits per heavy atom. The maximum atomic E-state index is 14.3. The Labute approximate surface area is 175 Å². The smallest absolute Gasteiger partial charge is 0.226 e. The van der Waals surface area contributed by atoms with Crippen molar-refractivity contribution in [2.45, 2.75) is 13.3 Å². The lowest BCUT2D eigenvalue weighted by Gasteiger charge is -2.11. The zero-order valence-electron chi connectivity index (χ0n) is 16.4. The number of likely N-dealkylation sites (N-methyl/N-ethyl adjacent to an activating group) is 1. The molecule has 3 aromatic heterocycles. The summed E-state index contributed by atoms with van der Waals surface area (Å²) in [5, 5.41) is 24.2. The summed E-state index contributed by atoms with van der Waals surface area (Å²) in [5.74, 6) is -1.53. The number of hydrogen-bond acceptors (Lipinski definition) is 6. The van der Waals surface area contributed by atoms with Crippen LogP contribution in [0.1, 0.15) is 12.6 Å². The van der Waals surface area contributed by atoms with E-state index in [0.717, 1.165) is 12.1 Å². The van der Waals surface area contributed by atoms with Crippen LogP contribution in [0.4, 0.5) is 20.3 Å². The second kappa shape index (κ2) is 8.34. The van der Waals surface area contributed by atoms with Gasteiger partial charge in [-0.05, 0) is 37.3 Å². The van der Waals surface area contributed by atoms with Crippen molar-refractivity contribution in [2.75, 3.05) is 11.9 Å². The van der Waals surface area contributed by atoms with Gasteiger partial charge in [-0.3, -0.25) is 4.79 Å². The third-order valence-corrected chi connectivity index (χ3v) is 4.55. The van der Waals surface area contributed by atoms with Gasteiger partial charge in [-0.1, -0.05) is 6.07 Å². The molecule has 0 aliphatic rings. The van der Waals surface area contributed by atoms with E-state index in [1.165, 1.54) is 18.3 Å². The van der Waals surface area contributed by atoms with Crippen LogP contribution in [0.25, 0.3) is 22.2 Å². The number of halogens is 2. The normalized spacial score (nSPS) is 10.9. The minimum atomic E-state index is -0.757. The standard InChI is InChI=1S/C21H18F2N6O2/c1-2-24-18(30)8-11-6-7-17(29-28-11)27-15-9-14(19-12(22)4-3-5-13(19)23)26-16-10-25-21(31)20(15)16/h3-7,9-10,25,31H,2,8H2,1H3,(H,24,30)(H,27,29). The van der Waals surface area contributed by atoms with Gasteiger partial charge < -0.3 is 20.7 Å². The summed E-state index contributed by atoms with van der Waals surface area (Å²) in [5.41, 5.74) is 0.880. The fourth-order valence-electron chi connectivity index (χ4n) is 3.18. The van der Waals surface area contributed by atoms with E-state index in [-0.39, 0.29) is 29.5 Å². The summed E-state index contributed by atoms with van der Waals surface area (Å²) >= 11 is 0. The average molecular weight is 424 g/mol. The number of rotatable bonds is 6. The maximum absolute atomic E-state index is 14.3. The molecule has 0 saturated carbocycles. The minimum Gasteiger partial charge on any atom is -0.494 e. The summed E-state index contributed by atoms with van der Waals surface area (Å²) in [7, 11) is 0. The number of anilines is 2.